The lowest BCUT2D eigenvalue weighted by Gasteiger charge is -2.14. The molecule has 1 aromatic heterocycles. The summed E-state index contributed by atoms with van der Waals surface area (Å²) < 4.78 is 1.15. The molecule has 1 aromatic rings. The quantitative estimate of drug-likeness (QED) is 0.868. The summed E-state index contributed by atoms with van der Waals surface area (Å²) in [6.07, 6.45) is 0.564. The van der Waals surface area contributed by atoms with Gasteiger partial charge in [-0.15, -0.1) is 11.3 Å². The lowest BCUT2D eigenvalue weighted by Crippen LogP contribution is -2.28. The van der Waals surface area contributed by atoms with Gasteiger partial charge in [-0.25, -0.2) is 0 Å². The zero-order chi connectivity index (χ0) is 10.6. The van der Waals surface area contributed by atoms with E-state index < -0.39 is 0 Å². The molecule has 2 unspecified atom stereocenters. The Morgan fingerprint density at radius 1 is 1.57 bits per heavy atom. The first kappa shape index (κ1) is 12.2. The van der Waals surface area contributed by atoms with Gasteiger partial charge in [0, 0.05) is 17.5 Å². The van der Waals surface area contributed by atoms with Crippen molar-refractivity contribution in [2.24, 2.45) is 0 Å². The van der Waals surface area contributed by atoms with Crippen molar-refractivity contribution >= 4 is 27.3 Å². The van der Waals surface area contributed by atoms with Crippen LogP contribution in [0.4, 0.5) is 0 Å². The van der Waals surface area contributed by atoms with E-state index in [0.29, 0.717) is 12.6 Å². The second-order valence-electron chi connectivity index (χ2n) is 3.33. The number of hydrogen-bond donors (Lipinski definition) is 2. The highest BCUT2D eigenvalue weighted by molar-refractivity contribution is 9.11. The van der Waals surface area contributed by atoms with Crippen LogP contribution in [-0.2, 0) is 0 Å². The second kappa shape index (κ2) is 5.85. The fourth-order valence-electron chi connectivity index (χ4n) is 1.12. The molecule has 2 nitrogen and oxygen atoms in total. The number of halogens is 1. The van der Waals surface area contributed by atoms with Gasteiger partial charge in [0.05, 0.1) is 9.89 Å². The Kier molecular flexibility index (Phi) is 5.09. The molecule has 0 amide bonds. The van der Waals surface area contributed by atoms with Crippen LogP contribution in [0.1, 0.15) is 31.2 Å². The molecule has 80 valence electrons. The first-order valence-corrected chi connectivity index (χ1v) is 6.41. The predicted molar refractivity (Wildman–Crippen MR) is 64.7 cm³/mol. The Bertz CT molecular complexity index is 277. The molecule has 1 heterocycles. The third-order valence-corrected chi connectivity index (χ3v) is 3.96. The molecule has 0 aliphatic carbocycles. The van der Waals surface area contributed by atoms with Crippen LogP contribution in [0.15, 0.2) is 15.9 Å². The number of nitrogens with one attached hydrogen (secondary N) is 1. The van der Waals surface area contributed by atoms with Crippen molar-refractivity contribution in [1.82, 2.24) is 5.32 Å². The van der Waals surface area contributed by atoms with E-state index in [9.17, 15) is 5.11 Å². The van der Waals surface area contributed by atoms with E-state index in [2.05, 4.69) is 40.3 Å². The fraction of sp³-hybridized carbons (Fsp3) is 0.600. The standard InChI is InChI=1S/C10H16BrNOS/c1-3-8(13)6-12-7(2)9-4-5-10(11)14-9/h4-5,7-8,12-13H,3,6H2,1-2H3. The normalized spacial score (nSPS) is 15.4. The summed E-state index contributed by atoms with van der Waals surface area (Å²) in [4.78, 5) is 1.29. The molecule has 0 aliphatic heterocycles. The minimum absolute atomic E-state index is 0.235. The van der Waals surface area contributed by atoms with Gasteiger partial charge >= 0.3 is 0 Å². The average Bonchev–Trinajstić information content (AvgIpc) is 2.60. The van der Waals surface area contributed by atoms with Gasteiger partial charge in [-0.05, 0) is 41.4 Å². The lowest BCUT2D eigenvalue weighted by molar-refractivity contribution is 0.164. The van der Waals surface area contributed by atoms with Gasteiger partial charge < -0.3 is 10.4 Å². The van der Waals surface area contributed by atoms with Crippen molar-refractivity contribution in [2.75, 3.05) is 6.54 Å². The summed E-state index contributed by atoms with van der Waals surface area (Å²) in [7, 11) is 0. The number of aliphatic hydroxyl groups excluding tert-OH is 1. The minimum Gasteiger partial charge on any atom is -0.392 e. The van der Waals surface area contributed by atoms with Crippen LogP contribution >= 0.6 is 27.3 Å². The summed E-state index contributed by atoms with van der Waals surface area (Å²) in [5.74, 6) is 0. The number of rotatable bonds is 5. The molecule has 14 heavy (non-hydrogen) atoms. The Balaban J connectivity index is 2.39. The van der Waals surface area contributed by atoms with Crippen LogP contribution in [-0.4, -0.2) is 17.8 Å². The molecule has 2 atom stereocenters. The summed E-state index contributed by atoms with van der Waals surface area (Å²) >= 11 is 5.16. The highest BCUT2D eigenvalue weighted by atomic mass is 79.9. The van der Waals surface area contributed by atoms with Gasteiger partial charge in [-0.2, -0.15) is 0 Å². The van der Waals surface area contributed by atoms with E-state index in [0.717, 1.165) is 10.2 Å². The number of aliphatic hydroxyl groups is 1. The molecule has 2 N–H and O–H groups in total. The Hall–Kier alpha value is 0.1000. The maximum absolute atomic E-state index is 9.39. The van der Waals surface area contributed by atoms with Crippen LogP contribution < -0.4 is 5.32 Å². The third kappa shape index (κ3) is 3.69. The highest BCUT2D eigenvalue weighted by Gasteiger charge is 2.08. The van der Waals surface area contributed by atoms with Crippen LogP contribution in [0, 0.1) is 0 Å². The smallest absolute Gasteiger partial charge is 0.0701 e. The van der Waals surface area contributed by atoms with Crippen LogP contribution in [0.2, 0.25) is 0 Å². The van der Waals surface area contributed by atoms with E-state index in [-0.39, 0.29) is 6.10 Å². The van der Waals surface area contributed by atoms with Crippen LogP contribution in [0.5, 0.6) is 0 Å². The van der Waals surface area contributed by atoms with Gasteiger partial charge in [0.2, 0.25) is 0 Å². The second-order valence-corrected chi connectivity index (χ2v) is 5.83. The van der Waals surface area contributed by atoms with Gasteiger partial charge in [-0.3, -0.25) is 0 Å². The van der Waals surface area contributed by atoms with E-state index in [1.165, 1.54) is 4.88 Å². The van der Waals surface area contributed by atoms with Crippen molar-refractivity contribution in [1.29, 1.82) is 0 Å². The minimum atomic E-state index is -0.235. The highest BCUT2D eigenvalue weighted by Crippen LogP contribution is 2.26. The Morgan fingerprint density at radius 2 is 2.29 bits per heavy atom. The summed E-state index contributed by atoms with van der Waals surface area (Å²) in [6, 6.07) is 4.46. The molecule has 4 heteroatoms. The van der Waals surface area contributed by atoms with E-state index >= 15 is 0 Å². The molecule has 0 saturated heterocycles. The molecular formula is C10H16BrNOS. The van der Waals surface area contributed by atoms with Gasteiger partial charge in [0.25, 0.3) is 0 Å². The molecule has 0 spiro atoms. The molecular weight excluding hydrogens is 262 g/mol. The third-order valence-electron chi connectivity index (χ3n) is 2.15. The average molecular weight is 278 g/mol. The molecule has 0 aromatic carbocycles. The Labute approximate surface area is 97.5 Å². The molecule has 0 aliphatic rings. The van der Waals surface area contributed by atoms with Crippen molar-refractivity contribution in [3.8, 4) is 0 Å². The SMILES string of the molecule is CCC(O)CNC(C)c1ccc(Br)s1. The number of thiophene rings is 1. The lowest BCUT2D eigenvalue weighted by atomic mass is 10.2. The molecule has 0 saturated carbocycles. The van der Waals surface area contributed by atoms with E-state index in [1.807, 2.05) is 6.92 Å². The Morgan fingerprint density at radius 3 is 2.79 bits per heavy atom. The monoisotopic (exact) mass is 277 g/mol. The zero-order valence-electron chi connectivity index (χ0n) is 8.46. The van der Waals surface area contributed by atoms with Crippen LogP contribution in [0.25, 0.3) is 0 Å². The van der Waals surface area contributed by atoms with E-state index in [4.69, 9.17) is 0 Å². The van der Waals surface area contributed by atoms with Gasteiger partial charge in [0.1, 0.15) is 0 Å². The zero-order valence-corrected chi connectivity index (χ0v) is 10.9. The van der Waals surface area contributed by atoms with Crippen molar-refractivity contribution in [3.63, 3.8) is 0 Å². The van der Waals surface area contributed by atoms with Gasteiger partial charge in [-0.1, -0.05) is 6.92 Å². The topological polar surface area (TPSA) is 32.3 Å². The predicted octanol–water partition coefficient (Wildman–Crippen LogP) is 2.93. The van der Waals surface area contributed by atoms with Crippen LogP contribution in [0.3, 0.4) is 0 Å². The van der Waals surface area contributed by atoms with Crippen molar-refractivity contribution in [3.05, 3.63) is 20.8 Å². The molecule has 0 radical (unpaired) electrons. The van der Waals surface area contributed by atoms with Crippen molar-refractivity contribution < 1.29 is 5.11 Å². The fourth-order valence-corrected chi connectivity index (χ4v) is 2.57. The summed E-state index contributed by atoms with van der Waals surface area (Å²) in [6.45, 7) is 4.76. The molecule has 0 bridgehead atoms. The molecule has 0 fully saturated rings. The maximum Gasteiger partial charge on any atom is 0.0701 e. The van der Waals surface area contributed by atoms with E-state index in [1.54, 1.807) is 11.3 Å². The number of hydrogen-bond acceptors (Lipinski definition) is 3. The van der Waals surface area contributed by atoms with Gasteiger partial charge in [0.15, 0.2) is 0 Å². The first-order chi connectivity index (χ1) is 6.63. The maximum atomic E-state index is 9.39. The largest absolute Gasteiger partial charge is 0.392 e. The first-order valence-electron chi connectivity index (χ1n) is 4.80. The summed E-state index contributed by atoms with van der Waals surface area (Å²) in [5, 5.41) is 12.7. The van der Waals surface area contributed by atoms with Crippen molar-refractivity contribution in [2.45, 2.75) is 32.4 Å². The molecule has 1 rings (SSSR count). The summed E-state index contributed by atoms with van der Waals surface area (Å²) in [5.41, 5.74) is 0.